The van der Waals surface area contributed by atoms with E-state index in [9.17, 15) is 0 Å². The third-order valence-electron chi connectivity index (χ3n) is 4.27. The molecule has 0 bridgehead atoms. The van der Waals surface area contributed by atoms with Crippen LogP contribution in [0.1, 0.15) is 5.56 Å². The molecule has 136 valence electrons. The van der Waals surface area contributed by atoms with Crippen LogP contribution in [-0.2, 0) is 11.3 Å². The van der Waals surface area contributed by atoms with E-state index in [0.717, 1.165) is 35.8 Å². The van der Waals surface area contributed by atoms with Gasteiger partial charge in [0.15, 0.2) is 0 Å². The van der Waals surface area contributed by atoms with E-state index in [1.165, 1.54) is 5.56 Å². The molecule has 5 nitrogen and oxygen atoms in total. The van der Waals surface area contributed by atoms with Crippen LogP contribution in [-0.4, -0.2) is 49.1 Å². The Bertz CT molecular complexity index is 830. The van der Waals surface area contributed by atoms with Gasteiger partial charge < -0.3 is 9.47 Å². The Kier molecular flexibility index (Phi) is 6.04. The zero-order chi connectivity index (χ0) is 18.4. The first kappa shape index (κ1) is 18.2. The SMILES string of the molecule is COCCN(C)Cc1cn(-c2ccccc2)nc1-c1cccc(OC)c1. The summed E-state index contributed by atoms with van der Waals surface area (Å²) in [6, 6.07) is 18.2. The Hall–Kier alpha value is -2.63. The third kappa shape index (κ3) is 4.31. The van der Waals surface area contributed by atoms with Gasteiger partial charge in [-0.1, -0.05) is 30.3 Å². The van der Waals surface area contributed by atoms with Gasteiger partial charge in [-0.15, -0.1) is 0 Å². The maximum Gasteiger partial charge on any atom is 0.119 e. The molecule has 0 aliphatic heterocycles. The molecule has 5 heteroatoms. The lowest BCUT2D eigenvalue weighted by molar-refractivity contribution is 0.158. The van der Waals surface area contributed by atoms with Gasteiger partial charge in [0, 0.05) is 37.5 Å². The second-order valence-corrected chi connectivity index (χ2v) is 6.25. The van der Waals surface area contributed by atoms with Crippen molar-refractivity contribution in [1.82, 2.24) is 14.7 Å². The first-order valence-corrected chi connectivity index (χ1v) is 8.67. The molecule has 0 spiro atoms. The molecule has 0 aliphatic carbocycles. The number of benzene rings is 2. The number of aromatic nitrogens is 2. The van der Waals surface area contributed by atoms with E-state index < -0.39 is 0 Å². The van der Waals surface area contributed by atoms with Crippen molar-refractivity contribution in [3.05, 3.63) is 66.4 Å². The van der Waals surface area contributed by atoms with Crippen LogP contribution in [0, 0.1) is 0 Å². The lowest BCUT2D eigenvalue weighted by Crippen LogP contribution is -2.22. The summed E-state index contributed by atoms with van der Waals surface area (Å²) < 4.78 is 12.5. The molecule has 0 aliphatic rings. The van der Waals surface area contributed by atoms with Crippen LogP contribution >= 0.6 is 0 Å². The first-order valence-electron chi connectivity index (χ1n) is 8.67. The number of hydrogen-bond acceptors (Lipinski definition) is 4. The standard InChI is InChI=1S/C21H25N3O2/c1-23(12-13-25-2)15-18-16-24(19-9-5-4-6-10-19)22-21(18)17-8-7-11-20(14-17)26-3/h4-11,14,16H,12-13,15H2,1-3H3. The van der Waals surface area contributed by atoms with Crippen LogP contribution < -0.4 is 4.74 Å². The quantitative estimate of drug-likeness (QED) is 0.621. The number of likely N-dealkylation sites (N-methyl/N-ethyl adjacent to an activating group) is 1. The zero-order valence-corrected chi connectivity index (χ0v) is 15.6. The van der Waals surface area contributed by atoms with Crippen molar-refractivity contribution in [2.75, 3.05) is 34.4 Å². The van der Waals surface area contributed by atoms with E-state index >= 15 is 0 Å². The minimum absolute atomic E-state index is 0.706. The topological polar surface area (TPSA) is 39.5 Å². The average Bonchev–Trinajstić information content (AvgIpc) is 3.11. The summed E-state index contributed by atoms with van der Waals surface area (Å²) in [4.78, 5) is 2.24. The fourth-order valence-electron chi connectivity index (χ4n) is 2.87. The molecule has 0 N–H and O–H groups in total. The van der Waals surface area contributed by atoms with E-state index in [0.29, 0.717) is 6.61 Å². The molecule has 0 unspecified atom stereocenters. The van der Waals surface area contributed by atoms with Crippen LogP contribution in [0.4, 0.5) is 0 Å². The lowest BCUT2D eigenvalue weighted by Gasteiger charge is -2.15. The van der Waals surface area contributed by atoms with Crippen molar-refractivity contribution in [2.24, 2.45) is 0 Å². The first-order chi connectivity index (χ1) is 12.7. The summed E-state index contributed by atoms with van der Waals surface area (Å²) in [5.74, 6) is 0.829. The van der Waals surface area contributed by atoms with Gasteiger partial charge in [-0.2, -0.15) is 5.10 Å². The molecular weight excluding hydrogens is 326 g/mol. The molecule has 1 aromatic heterocycles. The molecular formula is C21H25N3O2. The zero-order valence-electron chi connectivity index (χ0n) is 15.6. The van der Waals surface area contributed by atoms with Gasteiger partial charge in [-0.05, 0) is 31.3 Å². The Morgan fingerprint density at radius 1 is 1.04 bits per heavy atom. The maximum absolute atomic E-state index is 5.38. The predicted molar refractivity (Wildman–Crippen MR) is 104 cm³/mol. The number of nitrogens with zero attached hydrogens (tertiary/aromatic N) is 3. The Morgan fingerprint density at radius 2 is 1.85 bits per heavy atom. The molecule has 0 atom stereocenters. The minimum atomic E-state index is 0.706. The Labute approximate surface area is 154 Å². The molecule has 1 heterocycles. The summed E-state index contributed by atoms with van der Waals surface area (Å²) in [5, 5.41) is 4.86. The van der Waals surface area contributed by atoms with Crippen LogP contribution in [0.15, 0.2) is 60.8 Å². The molecule has 2 aromatic carbocycles. The number of hydrogen-bond donors (Lipinski definition) is 0. The predicted octanol–water partition coefficient (Wildman–Crippen LogP) is 3.63. The van der Waals surface area contributed by atoms with Gasteiger partial charge in [0.05, 0.1) is 25.1 Å². The Balaban J connectivity index is 1.98. The highest BCUT2D eigenvalue weighted by Gasteiger charge is 2.14. The summed E-state index contributed by atoms with van der Waals surface area (Å²) in [7, 11) is 5.50. The van der Waals surface area contributed by atoms with E-state index in [-0.39, 0.29) is 0 Å². The van der Waals surface area contributed by atoms with Crippen LogP contribution in [0.2, 0.25) is 0 Å². The van der Waals surface area contributed by atoms with Gasteiger partial charge in [0.2, 0.25) is 0 Å². The molecule has 0 saturated heterocycles. The molecule has 26 heavy (non-hydrogen) atoms. The highest BCUT2D eigenvalue weighted by atomic mass is 16.5. The summed E-state index contributed by atoms with van der Waals surface area (Å²) in [6.45, 7) is 2.37. The number of rotatable bonds is 8. The number of methoxy groups -OCH3 is 2. The van der Waals surface area contributed by atoms with Crippen molar-refractivity contribution in [3.8, 4) is 22.7 Å². The van der Waals surface area contributed by atoms with Crippen LogP contribution in [0.25, 0.3) is 16.9 Å². The second kappa shape index (κ2) is 8.65. The largest absolute Gasteiger partial charge is 0.497 e. The molecule has 0 fully saturated rings. The van der Waals surface area contributed by atoms with Gasteiger partial charge in [-0.25, -0.2) is 4.68 Å². The van der Waals surface area contributed by atoms with Gasteiger partial charge >= 0.3 is 0 Å². The fraction of sp³-hybridized carbons (Fsp3) is 0.286. The van der Waals surface area contributed by atoms with Crippen molar-refractivity contribution < 1.29 is 9.47 Å². The summed E-state index contributed by atoms with van der Waals surface area (Å²) in [5.41, 5.74) is 4.23. The van der Waals surface area contributed by atoms with Crippen LogP contribution in [0.3, 0.4) is 0 Å². The Morgan fingerprint density at radius 3 is 2.58 bits per heavy atom. The summed E-state index contributed by atoms with van der Waals surface area (Å²) in [6.07, 6.45) is 2.10. The van der Waals surface area contributed by atoms with Gasteiger partial charge in [0.1, 0.15) is 5.75 Å². The fourth-order valence-corrected chi connectivity index (χ4v) is 2.87. The molecule has 0 radical (unpaired) electrons. The van der Waals surface area contributed by atoms with E-state index in [4.69, 9.17) is 14.6 Å². The van der Waals surface area contributed by atoms with E-state index in [1.807, 2.05) is 41.1 Å². The van der Waals surface area contributed by atoms with Crippen molar-refractivity contribution in [3.63, 3.8) is 0 Å². The van der Waals surface area contributed by atoms with Gasteiger partial charge in [0.25, 0.3) is 0 Å². The highest BCUT2D eigenvalue weighted by Crippen LogP contribution is 2.27. The minimum Gasteiger partial charge on any atom is -0.497 e. The number of ether oxygens (including phenoxy) is 2. The van der Waals surface area contributed by atoms with Crippen molar-refractivity contribution >= 4 is 0 Å². The van der Waals surface area contributed by atoms with E-state index in [2.05, 4.69) is 36.3 Å². The van der Waals surface area contributed by atoms with E-state index in [1.54, 1.807) is 14.2 Å². The number of para-hydroxylation sites is 1. The van der Waals surface area contributed by atoms with Crippen molar-refractivity contribution in [2.45, 2.75) is 6.54 Å². The van der Waals surface area contributed by atoms with Gasteiger partial charge in [-0.3, -0.25) is 4.90 Å². The average molecular weight is 351 g/mol. The lowest BCUT2D eigenvalue weighted by atomic mass is 10.1. The highest BCUT2D eigenvalue weighted by molar-refractivity contribution is 5.65. The second-order valence-electron chi connectivity index (χ2n) is 6.25. The summed E-state index contributed by atoms with van der Waals surface area (Å²) >= 11 is 0. The van der Waals surface area contributed by atoms with Crippen LogP contribution in [0.5, 0.6) is 5.75 Å². The smallest absolute Gasteiger partial charge is 0.119 e. The maximum atomic E-state index is 5.38. The molecule has 3 rings (SSSR count). The third-order valence-corrected chi connectivity index (χ3v) is 4.27. The normalized spacial score (nSPS) is 11.1. The molecule has 3 aromatic rings. The van der Waals surface area contributed by atoms with Crippen molar-refractivity contribution in [1.29, 1.82) is 0 Å². The monoisotopic (exact) mass is 351 g/mol. The molecule has 0 saturated carbocycles. The molecule has 0 amide bonds.